The lowest BCUT2D eigenvalue weighted by atomic mass is 10.1. The van der Waals surface area contributed by atoms with Crippen LogP contribution in [0.4, 0.5) is 0 Å². The predicted molar refractivity (Wildman–Crippen MR) is 61.9 cm³/mol. The lowest BCUT2D eigenvalue weighted by molar-refractivity contribution is 0.101. The highest BCUT2D eigenvalue weighted by molar-refractivity contribution is 6.09. The minimum Gasteiger partial charge on any atom is -0.507 e. The Hall–Kier alpha value is -1.77. The van der Waals surface area contributed by atoms with E-state index in [9.17, 15) is 9.90 Å². The van der Waals surface area contributed by atoms with Crippen molar-refractivity contribution in [2.45, 2.75) is 25.8 Å². The van der Waals surface area contributed by atoms with Crippen LogP contribution in [0, 0.1) is 0 Å². The van der Waals surface area contributed by atoms with Crippen LogP contribution in [0.1, 0.15) is 36.2 Å². The van der Waals surface area contributed by atoms with Crippen LogP contribution in [-0.4, -0.2) is 15.5 Å². The highest BCUT2D eigenvalue weighted by atomic mass is 16.3. The van der Waals surface area contributed by atoms with E-state index in [2.05, 4.69) is 4.57 Å². The van der Waals surface area contributed by atoms with Crippen LogP contribution in [0.2, 0.25) is 0 Å². The summed E-state index contributed by atoms with van der Waals surface area (Å²) in [6, 6.07) is 5.92. The van der Waals surface area contributed by atoms with Gasteiger partial charge in [-0.2, -0.15) is 0 Å². The van der Waals surface area contributed by atoms with Crippen molar-refractivity contribution in [2.75, 3.05) is 0 Å². The number of Topliss-reactive ketones (excluding diaryl/α,β-unsaturated/α-hetero) is 1. The Morgan fingerprint density at radius 2 is 2.19 bits per heavy atom. The number of rotatable bonds is 2. The smallest absolute Gasteiger partial charge is 0.162 e. The first-order valence-electron chi connectivity index (χ1n) is 5.52. The molecule has 3 nitrogen and oxygen atoms in total. The van der Waals surface area contributed by atoms with Gasteiger partial charge >= 0.3 is 0 Å². The molecule has 0 atom stereocenters. The number of aromatic nitrogens is 1. The summed E-state index contributed by atoms with van der Waals surface area (Å²) in [7, 11) is 0. The largest absolute Gasteiger partial charge is 0.507 e. The second-order valence-corrected chi connectivity index (χ2v) is 4.41. The number of hydrogen-bond donors (Lipinski definition) is 1. The zero-order chi connectivity index (χ0) is 11.3. The van der Waals surface area contributed by atoms with Crippen LogP contribution >= 0.6 is 0 Å². The fourth-order valence-electron chi connectivity index (χ4n) is 2.21. The molecule has 0 aliphatic heterocycles. The summed E-state index contributed by atoms with van der Waals surface area (Å²) in [6.45, 7) is 1.54. The van der Waals surface area contributed by atoms with E-state index in [-0.39, 0.29) is 11.5 Å². The molecule has 1 heterocycles. The van der Waals surface area contributed by atoms with Gasteiger partial charge in [0.15, 0.2) is 5.78 Å². The fourth-order valence-corrected chi connectivity index (χ4v) is 2.21. The Bertz CT molecular complexity index is 579. The first-order chi connectivity index (χ1) is 7.68. The molecule has 1 saturated carbocycles. The lowest BCUT2D eigenvalue weighted by Gasteiger charge is -2.01. The Kier molecular flexibility index (Phi) is 1.84. The van der Waals surface area contributed by atoms with Crippen LogP contribution in [-0.2, 0) is 0 Å². The van der Waals surface area contributed by atoms with E-state index >= 15 is 0 Å². The molecule has 0 radical (unpaired) electrons. The number of nitrogens with zero attached hydrogens (tertiary/aromatic N) is 1. The van der Waals surface area contributed by atoms with Gasteiger partial charge < -0.3 is 9.67 Å². The predicted octanol–water partition coefficient (Wildman–Crippen LogP) is 2.88. The van der Waals surface area contributed by atoms with Gasteiger partial charge in [0.05, 0.1) is 10.9 Å². The van der Waals surface area contributed by atoms with E-state index in [1.54, 1.807) is 13.0 Å². The zero-order valence-corrected chi connectivity index (χ0v) is 9.10. The van der Waals surface area contributed by atoms with E-state index in [1.807, 2.05) is 18.3 Å². The van der Waals surface area contributed by atoms with Gasteiger partial charge in [-0.1, -0.05) is 6.07 Å². The van der Waals surface area contributed by atoms with E-state index < -0.39 is 0 Å². The molecule has 0 spiro atoms. The van der Waals surface area contributed by atoms with Gasteiger partial charge in [-0.3, -0.25) is 4.79 Å². The Balaban J connectivity index is 2.37. The molecule has 82 valence electrons. The number of carbonyl (C=O) groups excluding carboxylic acids is 1. The van der Waals surface area contributed by atoms with Gasteiger partial charge in [0.1, 0.15) is 5.75 Å². The number of carbonyl (C=O) groups is 1. The molecule has 0 bridgehead atoms. The van der Waals surface area contributed by atoms with Crippen LogP contribution in [0.5, 0.6) is 5.75 Å². The molecule has 3 heteroatoms. The summed E-state index contributed by atoms with van der Waals surface area (Å²) in [6.07, 6.45) is 4.21. The maximum absolute atomic E-state index is 11.5. The minimum atomic E-state index is 0.00546. The van der Waals surface area contributed by atoms with Gasteiger partial charge in [-0.25, -0.2) is 0 Å². The number of phenols is 1. The minimum absolute atomic E-state index is 0.00546. The molecule has 1 fully saturated rings. The SMILES string of the molecule is CC(=O)c1cn(C2CC2)c2cccc(O)c12. The second kappa shape index (κ2) is 3.11. The van der Waals surface area contributed by atoms with Crippen molar-refractivity contribution >= 4 is 16.7 Å². The number of benzene rings is 1. The number of fused-ring (bicyclic) bond motifs is 1. The summed E-state index contributed by atoms with van der Waals surface area (Å²) in [4.78, 5) is 11.5. The maximum Gasteiger partial charge on any atom is 0.162 e. The molecule has 1 N–H and O–H groups in total. The third-order valence-corrected chi connectivity index (χ3v) is 3.16. The van der Waals surface area contributed by atoms with Crippen LogP contribution < -0.4 is 0 Å². The fraction of sp³-hybridized carbons (Fsp3) is 0.308. The van der Waals surface area contributed by atoms with Gasteiger partial charge in [0.25, 0.3) is 0 Å². The van der Waals surface area contributed by atoms with Gasteiger partial charge in [-0.05, 0) is 31.9 Å². The molecule has 3 rings (SSSR count). The van der Waals surface area contributed by atoms with Crippen molar-refractivity contribution in [2.24, 2.45) is 0 Å². The summed E-state index contributed by atoms with van der Waals surface area (Å²) >= 11 is 0. The van der Waals surface area contributed by atoms with Crippen molar-refractivity contribution in [3.63, 3.8) is 0 Å². The molecular weight excluding hydrogens is 202 g/mol. The summed E-state index contributed by atoms with van der Waals surface area (Å²) in [5, 5.41) is 10.5. The van der Waals surface area contributed by atoms with Gasteiger partial charge in [0, 0.05) is 17.8 Å². The molecule has 0 saturated heterocycles. The van der Waals surface area contributed by atoms with E-state index in [4.69, 9.17) is 0 Å². The lowest BCUT2D eigenvalue weighted by Crippen LogP contribution is -1.91. The van der Waals surface area contributed by atoms with Crippen molar-refractivity contribution in [1.82, 2.24) is 4.57 Å². The van der Waals surface area contributed by atoms with Crippen LogP contribution in [0.3, 0.4) is 0 Å². The average molecular weight is 215 g/mol. The highest BCUT2D eigenvalue weighted by Gasteiger charge is 2.27. The van der Waals surface area contributed by atoms with Gasteiger partial charge in [-0.15, -0.1) is 0 Å². The average Bonchev–Trinajstić information content (AvgIpc) is 2.99. The first kappa shape index (κ1) is 9.46. The van der Waals surface area contributed by atoms with Crippen LogP contribution in [0.15, 0.2) is 24.4 Å². The van der Waals surface area contributed by atoms with E-state index in [0.29, 0.717) is 17.0 Å². The monoisotopic (exact) mass is 215 g/mol. The Morgan fingerprint density at radius 1 is 1.44 bits per heavy atom. The molecule has 0 unspecified atom stereocenters. The number of phenolic OH excluding ortho intramolecular Hbond substituents is 1. The number of ketones is 1. The third kappa shape index (κ3) is 1.24. The van der Waals surface area contributed by atoms with Gasteiger partial charge in [0.2, 0.25) is 0 Å². The van der Waals surface area contributed by atoms with Crippen molar-refractivity contribution in [3.8, 4) is 5.75 Å². The van der Waals surface area contributed by atoms with Crippen molar-refractivity contribution in [3.05, 3.63) is 30.0 Å². The first-order valence-corrected chi connectivity index (χ1v) is 5.52. The van der Waals surface area contributed by atoms with Crippen LogP contribution in [0.25, 0.3) is 10.9 Å². The quantitative estimate of drug-likeness (QED) is 0.782. The number of aromatic hydroxyl groups is 1. The molecule has 16 heavy (non-hydrogen) atoms. The zero-order valence-electron chi connectivity index (χ0n) is 9.10. The maximum atomic E-state index is 11.5. The van der Waals surface area contributed by atoms with E-state index in [1.165, 1.54) is 0 Å². The summed E-state index contributed by atoms with van der Waals surface area (Å²) in [5.41, 5.74) is 1.59. The summed E-state index contributed by atoms with van der Waals surface area (Å²) in [5.74, 6) is 0.202. The standard InChI is InChI=1S/C13H13NO2/c1-8(15)10-7-14(9-5-6-9)11-3-2-4-12(16)13(10)11/h2-4,7,9,16H,5-6H2,1H3. The Morgan fingerprint density at radius 3 is 2.81 bits per heavy atom. The number of hydrogen-bond acceptors (Lipinski definition) is 2. The third-order valence-electron chi connectivity index (χ3n) is 3.16. The molecule has 1 aliphatic rings. The molecule has 1 aliphatic carbocycles. The topological polar surface area (TPSA) is 42.2 Å². The molecule has 0 amide bonds. The normalized spacial score (nSPS) is 15.6. The second-order valence-electron chi connectivity index (χ2n) is 4.41. The molecule has 1 aromatic carbocycles. The van der Waals surface area contributed by atoms with Crippen molar-refractivity contribution in [1.29, 1.82) is 0 Å². The Labute approximate surface area is 93.3 Å². The summed E-state index contributed by atoms with van der Waals surface area (Å²) < 4.78 is 2.12. The van der Waals surface area contributed by atoms with E-state index in [0.717, 1.165) is 18.4 Å². The van der Waals surface area contributed by atoms with Crippen molar-refractivity contribution < 1.29 is 9.90 Å². The molecular formula is C13H13NO2. The highest BCUT2D eigenvalue weighted by Crippen LogP contribution is 2.40. The molecule has 2 aromatic rings. The molecule has 1 aromatic heterocycles.